The molecule has 0 aliphatic carbocycles. The van der Waals surface area contributed by atoms with E-state index < -0.39 is 55.2 Å². The van der Waals surface area contributed by atoms with E-state index in [1.165, 1.54) is 47.5 Å². The largest absolute Gasteiger partial charge is 0.511 e. The van der Waals surface area contributed by atoms with Crippen molar-refractivity contribution in [3.63, 3.8) is 0 Å². The van der Waals surface area contributed by atoms with Gasteiger partial charge in [-0.3, -0.25) is 10.2 Å². The first-order chi connectivity index (χ1) is 21.5. The Morgan fingerprint density at radius 2 is 1.69 bits per heavy atom. The predicted octanol–water partition coefficient (Wildman–Crippen LogP) is 5.51. The molecule has 0 aliphatic heterocycles. The molecule has 1 amide bonds. The zero-order chi connectivity index (χ0) is 32.5. The number of benzene rings is 3. The van der Waals surface area contributed by atoms with E-state index in [-0.39, 0.29) is 29.1 Å². The SMILES string of the molecule is CC(C)OC(=O)OCOC(=O)[C@H](O)CN(Cc1ccc(-c2cc(Cl)ccc2F)cc1)NC(=O)c1cc(-c2ccccc2F)no1. The number of aromatic nitrogens is 1. The maximum Gasteiger partial charge on any atom is 0.511 e. The Morgan fingerprint density at radius 3 is 2.40 bits per heavy atom. The number of rotatable bonds is 12. The van der Waals surface area contributed by atoms with Crippen molar-refractivity contribution in [1.82, 2.24) is 15.6 Å². The minimum absolute atomic E-state index is 0.0556. The van der Waals surface area contributed by atoms with Gasteiger partial charge in [0.15, 0.2) is 6.10 Å². The second kappa shape index (κ2) is 15.2. The number of nitrogens with zero attached hydrogens (tertiary/aromatic N) is 2. The van der Waals surface area contributed by atoms with E-state index in [0.717, 1.165) is 0 Å². The minimum atomic E-state index is -1.81. The highest BCUT2D eigenvalue weighted by Gasteiger charge is 2.25. The van der Waals surface area contributed by atoms with E-state index in [4.69, 9.17) is 25.6 Å². The van der Waals surface area contributed by atoms with Crippen molar-refractivity contribution in [1.29, 1.82) is 0 Å². The van der Waals surface area contributed by atoms with Gasteiger partial charge < -0.3 is 23.8 Å². The molecule has 4 rings (SSSR count). The van der Waals surface area contributed by atoms with Crippen LogP contribution in [0.5, 0.6) is 0 Å². The van der Waals surface area contributed by atoms with Gasteiger partial charge >= 0.3 is 18.0 Å². The van der Waals surface area contributed by atoms with Crippen LogP contribution in [-0.2, 0) is 25.5 Å². The summed E-state index contributed by atoms with van der Waals surface area (Å²) in [4.78, 5) is 36.9. The van der Waals surface area contributed by atoms with E-state index in [9.17, 15) is 28.3 Å². The summed E-state index contributed by atoms with van der Waals surface area (Å²) < 4.78 is 47.8. The van der Waals surface area contributed by atoms with Gasteiger partial charge in [0, 0.05) is 28.8 Å². The summed E-state index contributed by atoms with van der Waals surface area (Å²) in [5, 5.41) is 15.8. The van der Waals surface area contributed by atoms with E-state index in [2.05, 4.69) is 15.3 Å². The van der Waals surface area contributed by atoms with Gasteiger partial charge in [-0.2, -0.15) is 0 Å². The molecule has 0 bridgehead atoms. The molecular formula is C31H28ClF2N3O8. The topological polar surface area (TPSA) is 140 Å². The van der Waals surface area contributed by atoms with Gasteiger partial charge in [-0.1, -0.05) is 53.2 Å². The molecule has 11 nitrogen and oxygen atoms in total. The van der Waals surface area contributed by atoms with Crippen molar-refractivity contribution >= 4 is 29.6 Å². The van der Waals surface area contributed by atoms with Crippen molar-refractivity contribution in [3.05, 3.63) is 101 Å². The van der Waals surface area contributed by atoms with Crippen LogP contribution in [0.15, 0.2) is 77.3 Å². The quantitative estimate of drug-likeness (QED) is 0.115. The van der Waals surface area contributed by atoms with Crippen LogP contribution in [0.4, 0.5) is 13.6 Å². The Morgan fingerprint density at radius 1 is 0.978 bits per heavy atom. The van der Waals surface area contributed by atoms with Crippen LogP contribution in [0.1, 0.15) is 30.0 Å². The minimum Gasteiger partial charge on any atom is -0.431 e. The number of ether oxygens (including phenoxy) is 3. The lowest BCUT2D eigenvalue weighted by molar-refractivity contribution is -0.164. The number of hydrogen-bond acceptors (Lipinski definition) is 10. The fraction of sp³-hybridized carbons (Fsp3) is 0.226. The molecule has 14 heteroatoms. The molecular weight excluding hydrogens is 616 g/mol. The second-order valence-electron chi connectivity index (χ2n) is 9.86. The Kier molecular flexibility index (Phi) is 11.2. The zero-order valence-electron chi connectivity index (χ0n) is 24.0. The highest BCUT2D eigenvalue weighted by atomic mass is 35.5. The number of amides is 1. The average molecular weight is 644 g/mol. The summed E-state index contributed by atoms with van der Waals surface area (Å²) >= 11 is 6.01. The van der Waals surface area contributed by atoms with E-state index in [1.54, 1.807) is 44.2 Å². The lowest BCUT2D eigenvalue weighted by Crippen LogP contribution is -2.47. The van der Waals surface area contributed by atoms with Gasteiger partial charge in [0.2, 0.25) is 12.6 Å². The van der Waals surface area contributed by atoms with Crippen LogP contribution >= 0.6 is 11.6 Å². The van der Waals surface area contributed by atoms with Gasteiger partial charge in [0.05, 0.1) is 12.6 Å². The lowest BCUT2D eigenvalue weighted by atomic mass is 10.0. The molecule has 1 aromatic heterocycles. The van der Waals surface area contributed by atoms with Crippen molar-refractivity contribution < 1.29 is 47.0 Å². The molecule has 0 saturated heterocycles. The molecule has 2 N–H and O–H groups in total. The number of hydrazine groups is 1. The molecule has 1 atom stereocenters. The van der Waals surface area contributed by atoms with Crippen LogP contribution in [-0.4, -0.2) is 58.8 Å². The van der Waals surface area contributed by atoms with Gasteiger partial charge in [0.25, 0.3) is 0 Å². The molecule has 45 heavy (non-hydrogen) atoms. The van der Waals surface area contributed by atoms with Crippen molar-refractivity contribution in [2.24, 2.45) is 0 Å². The third kappa shape index (κ3) is 9.32. The normalized spacial score (nSPS) is 11.7. The smallest absolute Gasteiger partial charge is 0.431 e. The van der Waals surface area contributed by atoms with Crippen molar-refractivity contribution in [2.45, 2.75) is 32.6 Å². The fourth-order valence-corrected chi connectivity index (χ4v) is 4.17. The second-order valence-corrected chi connectivity index (χ2v) is 10.3. The van der Waals surface area contributed by atoms with Crippen LogP contribution in [0.3, 0.4) is 0 Å². The fourth-order valence-electron chi connectivity index (χ4n) is 4.00. The van der Waals surface area contributed by atoms with E-state index in [1.807, 2.05) is 0 Å². The lowest BCUT2D eigenvalue weighted by Gasteiger charge is -2.24. The van der Waals surface area contributed by atoms with Crippen LogP contribution in [0, 0.1) is 11.6 Å². The number of hydrogen-bond donors (Lipinski definition) is 2. The van der Waals surface area contributed by atoms with Gasteiger partial charge in [-0.05, 0) is 55.3 Å². The molecule has 0 unspecified atom stereocenters. The predicted molar refractivity (Wildman–Crippen MR) is 156 cm³/mol. The van der Waals surface area contributed by atoms with Crippen LogP contribution in [0.25, 0.3) is 22.4 Å². The number of halogens is 3. The molecule has 236 valence electrons. The number of esters is 1. The summed E-state index contributed by atoms with van der Waals surface area (Å²) in [5.41, 5.74) is 4.13. The molecule has 3 aromatic carbocycles. The summed E-state index contributed by atoms with van der Waals surface area (Å²) in [6.45, 7) is 1.84. The molecule has 1 heterocycles. The monoisotopic (exact) mass is 643 g/mol. The Labute approximate surface area is 261 Å². The third-order valence-corrected chi connectivity index (χ3v) is 6.32. The number of nitrogens with one attached hydrogen (secondary N) is 1. The number of carbonyl (C=O) groups excluding carboxylic acids is 3. The standard InChI is InChI=1S/C31H28ClF2N3O8/c1-18(2)44-31(41)43-17-42-30(40)27(38)16-37(15-19-7-9-20(10-8-19)23-13-21(32)11-12-25(23)34)35-29(39)28-14-26(36-45-28)22-5-3-4-6-24(22)33/h3-14,18,27,38H,15-17H2,1-2H3,(H,35,39)/t27-/m1/s1. The molecule has 0 aliphatic rings. The van der Waals surface area contributed by atoms with Crippen molar-refractivity contribution in [2.75, 3.05) is 13.3 Å². The molecule has 0 saturated carbocycles. The molecule has 0 spiro atoms. The Hall–Kier alpha value is -4.85. The Balaban J connectivity index is 1.48. The van der Waals surface area contributed by atoms with E-state index >= 15 is 0 Å². The van der Waals surface area contributed by atoms with Crippen LogP contribution < -0.4 is 5.43 Å². The summed E-state index contributed by atoms with van der Waals surface area (Å²) in [5.74, 6) is -3.28. The van der Waals surface area contributed by atoms with Crippen molar-refractivity contribution in [3.8, 4) is 22.4 Å². The highest BCUT2D eigenvalue weighted by molar-refractivity contribution is 6.30. The molecule has 0 fully saturated rings. The third-order valence-electron chi connectivity index (χ3n) is 6.09. The van der Waals surface area contributed by atoms with Gasteiger partial charge in [0.1, 0.15) is 17.3 Å². The first-order valence-electron chi connectivity index (χ1n) is 13.5. The first-order valence-corrected chi connectivity index (χ1v) is 13.9. The van der Waals surface area contributed by atoms with E-state index in [0.29, 0.717) is 16.1 Å². The molecule has 0 radical (unpaired) electrons. The first kappa shape index (κ1) is 33.1. The Bertz CT molecular complexity index is 1650. The average Bonchev–Trinajstić information content (AvgIpc) is 3.49. The van der Waals surface area contributed by atoms with Gasteiger partial charge in [-0.15, -0.1) is 0 Å². The number of aliphatic hydroxyl groups is 1. The zero-order valence-corrected chi connectivity index (χ0v) is 24.8. The summed E-state index contributed by atoms with van der Waals surface area (Å²) in [7, 11) is 0. The number of aliphatic hydroxyl groups excluding tert-OH is 1. The molecule has 4 aromatic rings. The summed E-state index contributed by atoms with van der Waals surface area (Å²) in [6.07, 6.45) is -3.33. The highest BCUT2D eigenvalue weighted by Crippen LogP contribution is 2.27. The number of carbonyl (C=O) groups is 3. The van der Waals surface area contributed by atoms with Crippen LogP contribution in [0.2, 0.25) is 5.02 Å². The maximum absolute atomic E-state index is 14.4. The maximum atomic E-state index is 14.4. The van der Waals surface area contributed by atoms with Gasteiger partial charge in [-0.25, -0.2) is 23.4 Å². The summed E-state index contributed by atoms with van der Waals surface area (Å²) in [6, 6.07) is 17.8.